The topological polar surface area (TPSA) is 46.6 Å². The zero-order valence-electron chi connectivity index (χ0n) is 15.3. The van der Waals surface area contributed by atoms with Gasteiger partial charge in [0, 0.05) is 0 Å². The van der Waals surface area contributed by atoms with Crippen molar-refractivity contribution in [1.82, 2.24) is 0 Å². The molecule has 3 aromatic rings. The van der Waals surface area contributed by atoms with E-state index in [0.717, 1.165) is 17.7 Å². The molecule has 3 aromatic carbocycles. The zero-order chi connectivity index (χ0) is 20.3. The Kier molecular flexibility index (Phi) is 5.91. The van der Waals surface area contributed by atoms with Crippen molar-refractivity contribution in [3.8, 4) is 5.75 Å². The quantitative estimate of drug-likeness (QED) is 0.534. The van der Waals surface area contributed by atoms with Crippen molar-refractivity contribution in [2.75, 3.05) is 11.4 Å². The lowest BCUT2D eigenvalue weighted by Crippen LogP contribution is -2.33. The molecule has 0 aliphatic rings. The molecule has 0 saturated carbocycles. The maximum absolute atomic E-state index is 13.6. The van der Waals surface area contributed by atoms with Crippen molar-refractivity contribution >= 4 is 27.3 Å². The minimum Gasteiger partial charge on any atom is -0.497 e. The van der Waals surface area contributed by atoms with Gasteiger partial charge in [-0.15, -0.1) is 0 Å². The van der Waals surface area contributed by atoms with Crippen molar-refractivity contribution in [1.29, 1.82) is 0 Å². The highest BCUT2D eigenvalue weighted by atomic mass is 35.5. The third kappa shape index (κ3) is 3.98. The van der Waals surface area contributed by atoms with E-state index in [9.17, 15) is 12.8 Å². The third-order valence-electron chi connectivity index (χ3n) is 4.41. The fourth-order valence-electron chi connectivity index (χ4n) is 2.92. The van der Waals surface area contributed by atoms with Crippen molar-refractivity contribution in [3.05, 3.63) is 89.2 Å². The van der Waals surface area contributed by atoms with Crippen LogP contribution in [-0.2, 0) is 10.0 Å². The van der Waals surface area contributed by atoms with Gasteiger partial charge < -0.3 is 4.74 Å². The highest BCUT2D eigenvalue weighted by molar-refractivity contribution is 7.92. The van der Waals surface area contributed by atoms with E-state index in [4.69, 9.17) is 16.3 Å². The van der Waals surface area contributed by atoms with Gasteiger partial charge in [0.25, 0.3) is 10.0 Å². The van der Waals surface area contributed by atoms with E-state index < -0.39 is 21.9 Å². The van der Waals surface area contributed by atoms with Gasteiger partial charge in [-0.2, -0.15) is 0 Å². The van der Waals surface area contributed by atoms with E-state index >= 15 is 0 Å². The monoisotopic (exact) mass is 419 g/mol. The molecule has 0 fully saturated rings. The molecule has 0 saturated heterocycles. The van der Waals surface area contributed by atoms with E-state index in [-0.39, 0.29) is 9.92 Å². The number of rotatable bonds is 6. The van der Waals surface area contributed by atoms with E-state index in [2.05, 4.69) is 0 Å². The molecule has 28 heavy (non-hydrogen) atoms. The number of sulfonamides is 1. The van der Waals surface area contributed by atoms with E-state index in [0.29, 0.717) is 11.4 Å². The fraction of sp³-hybridized carbons (Fsp3) is 0.143. The normalized spacial score (nSPS) is 12.4. The zero-order valence-corrected chi connectivity index (χ0v) is 16.9. The Labute approximate surface area is 169 Å². The summed E-state index contributed by atoms with van der Waals surface area (Å²) in [5, 5.41) is -0.247. The summed E-state index contributed by atoms with van der Waals surface area (Å²) in [4.78, 5) is -0.0856. The molecule has 0 radical (unpaired) electrons. The van der Waals surface area contributed by atoms with Crippen LogP contribution in [0.3, 0.4) is 0 Å². The number of benzene rings is 3. The van der Waals surface area contributed by atoms with Crippen LogP contribution in [0.25, 0.3) is 0 Å². The van der Waals surface area contributed by atoms with Crippen LogP contribution in [0.4, 0.5) is 10.1 Å². The van der Waals surface area contributed by atoms with Gasteiger partial charge >= 0.3 is 0 Å². The van der Waals surface area contributed by atoms with Gasteiger partial charge in [-0.05, 0) is 55.0 Å². The SMILES string of the molecule is COc1ccc(N([C@@H](C)c2ccccc2)S(=O)(=O)c2ccc(F)c(Cl)c2)cc1. The molecule has 0 amide bonds. The first-order chi connectivity index (χ1) is 13.3. The van der Waals surface area contributed by atoms with Crippen LogP contribution in [0.5, 0.6) is 5.75 Å². The van der Waals surface area contributed by atoms with E-state index in [1.54, 1.807) is 31.2 Å². The summed E-state index contributed by atoms with van der Waals surface area (Å²) in [6.07, 6.45) is 0. The highest BCUT2D eigenvalue weighted by Crippen LogP contribution is 2.35. The van der Waals surface area contributed by atoms with Crippen LogP contribution in [0.1, 0.15) is 18.5 Å². The summed E-state index contributed by atoms with van der Waals surface area (Å²) in [5.41, 5.74) is 1.27. The lowest BCUT2D eigenvalue weighted by Gasteiger charge is -2.31. The molecule has 0 heterocycles. The number of methoxy groups -OCH3 is 1. The lowest BCUT2D eigenvalue weighted by molar-refractivity contribution is 0.415. The number of hydrogen-bond acceptors (Lipinski definition) is 3. The molecule has 7 heteroatoms. The molecule has 0 unspecified atom stereocenters. The predicted molar refractivity (Wildman–Crippen MR) is 109 cm³/mol. The standard InChI is InChI=1S/C21H19ClFNO3S/c1-15(16-6-4-3-5-7-16)24(17-8-10-18(27-2)11-9-17)28(25,26)19-12-13-21(23)20(22)14-19/h3-15H,1-2H3/t15-/m0/s1. The molecular weight excluding hydrogens is 401 g/mol. The molecular formula is C21H19ClFNO3S. The fourth-order valence-corrected chi connectivity index (χ4v) is 4.83. The van der Waals surface area contributed by atoms with E-state index in [1.165, 1.54) is 17.5 Å². The third-order valence-corrected chi connectivity index (χ3v) is 6.59. The van der Waals surface area contributed by atoms with Gasteiger partial charge in [-0.25, -0.2) is 12.8 Å². The number of anilines is 1. The number of halogens is 2. The Morgan fingerprint density at radius 2 is 1.64 bits per heavy atom. The second-order valence-corrected chi connectivity index (χ2v) is 8.38. The second kappa shape index (κ2) is 8.20. The van der Waals surface area contributed by atoms with Crippen molar-refractivity contribution in [2.24, 2.45) is 0 Å². The average molecular weight is 420 g/mol. The Morgan fingerprint density at radius 3 is 2.21 bits per heavy atom. The Morgan fingerprint density at radius 1 is 1.00 bits per heavy atom. The van der Waals surface area contributed by atoms with Crippen molar-refractivity contribution < 1.29 is 17.5 Å². The first kappa shape index (κ1) is 20.2. The van der Waals surface area contributed by atoms with Gasteiger partial charge in [-0.1, -0.05) is 41.9 Å². The average Bonchev–Trinajstić information content (AvgIpc) is 2.71. The summed E-state index contributed by atoms with van der Waals surface area (Å²) >= 11 is 5.83. The lowest BCUT2D eigenvalue weighted by atomic mass is 10.1. The highest BCUT2D eigenvalue weighted by Gasteiger charge is 2.31. The molecule has 3 rings (SSSR count). The maximum Gasteiger partial charge on any atom is 0.264 e. The molecule has 0 aliphatic carbocycles. The van der Waals surface area contributed by atoms with Gasteiger partial charge in [0.2, 0.25) is 0 Å². The van der Waals surface area contributed by atoms with Crippen LogP contribution in [0.2, 0.25) is 5.02 Å². The Balaban J connectivity index is 2.15. The minimum atomic E-state index is -4.02. The predicted octanol–water partition coefficient (Wildman–Crippen LogP) is 5.44. The Hall–Kier alpha value is -2.57. The molecule has 0 aliphatic heterocycles. The smallest absolute Gasteiger partial charge is 0.264 e. The van der Waals surface area contributed by atoms with Gasteiger partial charge in [0.15, 0.2) is 0 Å². The van der Waals surface area contributed by atoms with Crippen LogP contribution in [-0.4, -0.2) is 15.5 Å². The van der Waals surface area contributed by atoms with Crippen LogP contribution < -0.4 is 9.04 Å². The summed E-state index contributed by atoms with van der Waals surface area (Å²) in [7, 11) is -2.48. The van der Waals surface area contributed by atoms with E-state index in [1.807, 2.05) is 30.3 Å². The maximum atomic E-state index is 13.6. The van der Waals surface area contributed by atoms with Crippen LogP contribution in [0.15, 0.2) is 77.7 Å². The van der Waals surface area contributed by atoms with Crippen LogP contribution >= 0.6 is 11.6 Å². The first-order valence-electron chi connectivity index (χ1n) is 8.53. The number of nitrogens with zero attached hydrogens (tertiary/aromatic N) is 1. The van der Waals surface area contributed by atoms with Crippen molar-refractivity contribution in [2.45, 2.75) is 17.9 Å². The largest absolute Gasteiger partial charge is 0.497 e. The second-order valence-electron chi connectivity index (χ2n) is 6.16. The van der Waals surface area contributed by atoms with Crippen molar-refractivity contribution in [3.63, 3.8) is 0 Å². The van der Waals surface area contributed by atoms with Gasteiger partial charge in [0.1, 0.15) is 11.6 Å². The van der Waals surface area contributed by atoms with Crippen LogP contribution in [0, 0.1) is 5.82 Å². The summed E-state index contributed by atoms with van der Waals surface area (Å²) in [6, 6.07) is 18.9. The summed E-state index contributed by atoms with van der Waals surface area (Å²) in [5.74, 6) is -0.0639. The molecule has 146 valence electrons. The van der Waals surface area contributed by atoms with Gasteiger partial charge in [-0.3, -0.25) is 4.31 Å². The molecule has 0 aromatic heterocycles. The molecule has 1 atom stereocenters. The number of ether oxygens (including phenoxy) is 1. The van der Waals surface area contributed by atoms with Gasteiger partial charge in [0.05, 0.1) is 28.8 Å². The summed E-state index contributed by atoms with van der Waals surface area (Å²) < 4.78 is 47.0. The Bertz CT molecular complexity index is 1060. The minimum absolute atomic E-state index is 0.0856. The first-order valence-corrected chi connectivity index (χ1v) is 10.3. The molecule has 4 nitrogen and oxygen atoms in total. The molecule has 0 bridgehead atoms. The molecule has 0 spiro atoms. The molecule has 0 N–H and O–H groups in total. The summed E-state index contributed by atoms with van der Waals surface area (Å²) in [6.45, 7) is 1.79. The number of hydrogen-bond donors (Lipinski definition) is 0.